The van der Waals surface area contributed by atoms with Crippen molar-refractivity contribution in [2.45, 2.75) is 25.3 Å². The van der Waals surface area contributed by atoms with Crippen LogP contribution in [0.1, 0.15) is 42.0 Å². The Morgan fingerprint density at radius 3 is 2.36 bits per heavy atom. The van der Waals surface area contributed by atoms with Crippen molar-refractivity contribution >= 4 is 23.8 Å². The number of methoxy groups -OCH3 is 1. The molecule has 5 rings (SSSR count). The van der Waals surface area contributed by atoms with E-state index in [1.54, 1.807) is 13.2 Å². The van der Waals surface area contributed by atoms with Crippen molar-refractivity contribution in [3.63, 3.8) is 0 Å². The third-order valence-electron chi connectivity index (χ3n) is 6.77. The Bertz CT molecular complexity index is 1370. The van der Waals surface area contributed by atoms with Gasteiger partial charge in [0.15, 0.2) is 0 Å². The van der Waals surface area contributed by atoms with E-state index < -0.39 is 0 Å². The summed E-state index contributed by atoms with van der Waals surface area (Å²) in [6.45, 7) is 0. The maximum absolute atomic E-state index is 13.8. The molecule has 1 aliphatic carbocycles. The molecule has 2 aliphatic rings. The molecular weight excluding hydrogens is 446 g/mol. The molecule has 0 spiro atoms. The van der Waals surface area contributed by atoms with Crippen LogP contribution < -0.4 is 4.74 Å². The molecule has 1 amide bonds. The van der Waals surface area contributed by atoms with Gasteiger partial charge in [0.1, 0.15) is 17.4 Å². The summed E-state index contributed by atoms with van der Waals surface area (Å²) in [4.78, 5) is 13.8. The number of nitriles is 1. The van der Waals surface area contributed by atoms with Gasteiger partial charge in [-0.05, 0) is 65.8 Å². The number of hydrogen-bond donors (Lipinski definition) is 0. The molecule has 0 bridgehead atoms. The molecule has 0 radical (unpaired) electrons. The molecule has 1 aliphatic heterocycles. The van der Waals surface area contributed by atoms with Crippen LogP contribution in [0.5, 0.6) is 5.75 Å². The van der Waals surface area contributed by atoms with Gasteiger partial charge in [0.2, 0.25) is 0 Å². The zero-order valence-corrected chi connectivity index (χ0v) is 20.2. The van der Waals surface area contributed by atoms with Crippen LogP contribution in [-0.2, 0) is 4.79 Å². The lowest BCUT2D eigenvalue weighted by molar-refractivity contribution is -0.129. The Labute approximate surface area is 211 Å². The Balaban J connectivity index is 1.55. The van der Waals surface area contributed by atoms with Gasteiger partial charge < -0.3 is 4.74 Å². The molecule has 0 unspecified atom stereocenters. The van der Waals surface area contributed by atoms with Gasteiger partial charge in [-0.2, -0.15) is 10.4 Å². The molecule has 5 heteroatoms. The summed E-state index contributed by atoms with van der Waals surface area (Å²) in [5.74, 6) is 0.415. The van der Waals surface area contributed by atoms with E-state index in [9.17, 15) is 10.1 Å². The summed E-state index contributed by atoms with van der Waals surface area (Å²) >= 11 is 0. The number of carbonyl (C=O) groups is 1. The number of rotatable bonds is 5. The summed E-state index contributed by atoms with van der Waals surface area (Å²) < 4.78 is 5.22. The first-order chi connectivity index (χ1) is 17.7. The smallest absolute Gasteiger partial charge is 0.285 e. The zero-order valence-electron chi connectivity index (χ0n) is 20.2. The van der Waals surface area contributed by atoms with Gasteiger partial charge in [0.05, 0.1) is 18.9 Å². The van der Waals surface area contributed by atoms with Crippen molar-refractivity contribution in [1.29, 1.82) is 5.26 Å². The van der Waals surface area contributed by atoms with E-state index in [-0.39, 0.29) is 23.4 Å². The van der Waals surface area contributed by atoms with Crippen molar-refractivity contribution < 1.29 is 9.53 Å². The van der Waals surface area contributed by atoms with Crippen LogP contribution in [0.3, 0.4) is 0 Å². The van der Waals surface area contributed by atoms with Crippen molar-refractivity contribution in [3.8, 4) is 11.8 Å². The van der Waals surface area contributed by atoms with E-state index >= 15 is 0 Å². The lowest BCUT2D eigenvalue weighted by atomic mass is 9.77. The molecule has 36 heavy (non-hydrogen) atoms. The van der Waals surface area contributed by atoms with E-state index in [1.165, 1.54) is 5.01 Å². The van der Waals surface area contributed by atoms with Gasteiger partial charge in [-0.3, -0.25) is 4.79 Å². The summed E-state index contributed by atoms with van der Waals surface area (Å²) in [7, 11) is 1.60. The molecule has 1 saturated carbocycles. The molecule has 0 aromatic heterocycles. The zero-order chi connectivity index (χ0) is 24.9. The van der Waals surface area contributed by atoms with Crippen LogP contribution in [0.4, 0.5) is 0 Å². The topological polar surface area (TPSA) is 65.7 Å². The van der Waals surface area contributed by atoms with Crippen LogP contribution in [0.2, 0.25) is 0 Å². The summed E-state index contributed by atoms with van der Waals surface area (Å²) in [5, 5.41) is 16.4. The predicted molar refractivity (Wildman–Crippen MR) is 142 cm³/mol. The summed E-state index contributed by atoms with van der Waals surface area (Å²) in [5.41, 5.74) is 5.07. The number of allylic oxidation sites excluding steroid dienone is 1. The van der Waals surface area contributed by atoms with E-state index in [0.717, 1.165) is 47.2 Å². The Morgan fingerprint density at radius 1 is 1.00 bits per heavy atom. The largest absolute Gasteiger partial charge is 0.497 e. The number of hydrazone groups is 1. The van der Waals surface area contributed by atoms with Gasteiger partial charge in [0.25, 0.3) is 5.91 Å². The second-order valence-electron chi connectivity index (χ2n) is 9.01. The molecule has 2 atom stereocenters. The lowest BCUT2D eigenvalue weighted by Gasteiger charge is -2.29. The van der Waals surface area contributed by atoms with Crippen LogP contribution in [0.25, 0.3) is 12.2 Å². The van der Waals surface area contributed by atoms with Crippen LogP contribution in [0.15, 0.2) is 101 Å². The van der Waals surface area contributed by atoms with Gasteiger partial charge >= 0.3 is 0 Å². The Kier molecular flexibility index (Phi) is 6.77. The minimum atomic E-state index is -0.386. The standard InChI is InChI=1S/C31H27N3O2/c1-36-27-17-15-23(16-18-27)20-26(21-32)31(35)34-30(24-11-6-3-7-12-24)28-14-8-13-25(29(28)33-34)19-22-9-4-2-5-10-22/h2-7,9-12,15-20,28,30H,8,13-14H2,1H3/b25-19+,26-20+/t28-,30-/m1/s1. The highest BCUT2D eigenvalue weighted by Gasteiger charge is 2.44. The van der Waals surface area contributed by atoms with Gasteiger partial charge in [0, 0.05) is 5.92 Å². The Morgan fingerprint density at radius 2 is 1.69 bits per heavy atom. The second kappa shape index (κ2) is 10.5. The molecule has 3 aromatic rings. The highest BCUT2D eigenvalue weighted by molar-refractivity contribution is 6.10. The first-order valence-corrected chi connectivity index (χ1v) is 12.2. The fraction of sp³-hybridized carbons (Fsp3) is 0.194. The van der Waals surface area contributed by atoms with Crippen molar-refractivity contribution in [2.24, 2.45) is 11.0 Å². The first-order valence-electron chi connectivity index (χ1n) is 12.2. The highest BCUT2D eigenvalue weighted by atomic mass is 16.5. The maximum atomic E-state index is 13.8. The van der Waals surface area contributed by atoms with Crippen LogP contribution in [-0.4, -0.2) is 23.7 Å². The third kappa shape index (κ3) is 4.71. The third-order valence-corrected chi connectivity index (χ3v) is 6.77. The first kappa shape index (κ1) is 23.3. The minimum absolute atomic E-state index is 0.0534. The average Bonchev–Trinajstić information content (AvgIpc) is 3.33. The Hall–Kier alpha value is -4.43. The summed E-state index contributed by atoms with van der Waals surface area (Å²) in [6.07, 6.45) is 6.69. The monoisotopic (exact) mass is 473 g/mol. The van der Waals surface area contributed by atoms with E-state index in [0.29, 0.717) is 5.75 Å². The molecule has 178 valence electrons. The van der Waals surface area contributed by atoms with E-state index in [1.807, 2.05) is 72.8 Å². The second-order valence-corrected chi connectivity index (χ2v) is 9.01. The molecule has 0 N–H and O–H groups in total. The van der Waals surface area contributed by atoms with Crippen molar-refractivity contribution in [1.82, 2.24) is 5.01 Å². The SMILES string of the molecule is COc1ccc(/C=C(\C#N)C(=O)N2N=C3/C(=C/c4ccccc4)CCC[C@H]3[C@H]2c2ccccc2)cc1. The fourth-order valence-electron chi connectivity index (χ4n) is 5.03. The number of ether oxygens (including phenoxy) is 1. The van der Waals surface area contributed by atoms with Crippen molar-refractivity contribution in [3.05, 3.63) is 113 Å². The number of nitrogens with zero attached hydrogens (tertiary/aromatic N) is 3. The average molecular weight is 474 g/mol. The number of amides is 1. The van der Waals surface area contributed by atoms with Crippen molar-refractivity contribution in [2.75, 3.05) is 7.11 Å². The maximum Gasteiger partial charge on any atom is 0.285 e. The molecule has 0 saturated heterocycles. The molecule has 1 heterocycles. The van der Waals surface area contributed by atoms with Gasteiger partial charge in [-0.15, -0.1) is 0 Å². The quantitative estimate of drug-likeness (QED) is 0.317. The van der Waals surface area contributed by atoms with E-state index in [2.05, 4.69) is 24.3 Å². The molecule has 5 nitrogen and oxygen atoms in total. The normalized spacial score (nSPS) is 20.4. The number of benzene rings is 3. The number of fused-ring (bicyclic) bond motifs is 1. The highest BCUT2D eigenvalue weighted by Crippen LogP contribution is 2.44. The summed E-state index contributed by atoms with van der Waals surface area (Å²) in [6, 6.07) is 29.4. The van der Waals surface area contributed by atoms with Crippen LogP contribution in [0, 0.1) is 17.2 Å². The predicted octanol–water partition coefficient (Wildman–Crippen LogP) is 6.43. The van der Waals surface area contributed by atoms with E-state index in [4.69, 9.17) is 9.84 Å². The van der Waals surface area contributed by atoms with Gasteiger partial charge in [-0.25, -0.2) is 5.01 Å². The van der Waals surface area contributed by atoms with Gasteiger partial charge in [-0.1, -0.05) is 72.8 Å². The molecule has 3 aromatic carbocycles. The minimum Gasteiger partial charge on any atom is -0.497 e. The van der Waals surface area contributed by atoms with Crippen LogP contribution >= 0.6 is 0 Å². The number of carbonyl (C=O) groups excluding carboxylic acids is 1. The molecular formula is C31H27N3O2. The fourth-order valence-corrected chi connectivity index (χ4v) is 5.03. The molecule has 1 fully saturated rings. The number of hydrogen-bond acceptors (Lipinski definition) is 4. The lowest BCUT2D eigenvalue weighted by Crippen LogP contribution is -2.32.